The fourth-order valence-electron chi connectivity index (χ4n) is 2.68. The minimum atomic E-state index is -0.375. The first-order chi connectivity index (χ1) is 10.6. The Bertz CT molecular complexity index is 738. The van der Waals surface area contributed by atoms with Crippen molar-refractivity contribution < 1.29 is 14.3 Å². The van der Waals surface area contributed by atoms with Gasteiger partial charge >= 0.3 is 5.97 Å². The molecule has 1 amide bonds. The lowest BCUT2D eigenvalue weighted by Crippen LogP contribution is -2.29. The van der Waals surface area contributed by atoms with Crippen LogP contribution in [0.5, 0.6) is 0 Å². The number of carbonyl (C=O) groups is 2. The average Bonchev–Trinajstić information content (AvgIpc) is 2.98. The maximum absolute atomic E-state index is 12.6. The van der Waals surface area contributed by atoms with Crippen molar-refractivity contribution in [1.82, 2.24) is 4.98 Å². The van der Waals surface area contributed by atoms with E-state index in [1.807, 2.05) is 19.1 Å². The topological polar surface area (TPSA) is 59.5 Å². The van der Waals surface area contributed by atoms with E-state index in [1.54, 1.807) is 29.3 Å². The van der Waals surface area contributed by atoms with Crippen molar-refractivity contribution in [2.75, 3.05) is 18.6 Å². The number of anilines is 1. The maximum atomic E-state index is 12.6. The number of esters is 1. The third-order valence-corrected chi connectivity index (χ3v) is 3.81. The van der Waals surface area contributed by atoms with E-state index >= 15 is 0 Å². The van der Waals surface area contributed by atoms with Gasteiger partial charge in [0.25, 0.3) is 5.91 Å². The van der Waals surface area contributed by atoms with Gasteiger partial charge in [-0.15, -0.1) is 0 Å². The van der Waals surface area contributed by atoms with Crippen LogP contribution in [0.25, 0.3) is 0 Å². The lowest BCUT2D eigenvalue weighted by Gasteiger charge is -2.17. The molecule has 0 aliphatic carbocycles. The van der Waals surface area contributed by atoms with Gasteiger partial charge in [0.15, 0.2) is 0 Å². The summed E-state index contributed by atoms with van der Waals surface area (Å²) in [6.07, 6.45) is 2.31. The molecule has 1 aliphatic heterocycles. The van der Waals surface area contributed by atoms with E-state index in [4.69, 9.17) is 4.74 Å². The van der Waals surface area contributed by atoms with Crippen LogP contribution >= 0.6 is 0 Å². The molecule has 5 heteroatoms. The van der Waals surface area contributed by atoms with Crippen LogP contribution < -0.4 is 4.90 Å². The number of hydrogen-bond acceptors (Lipinski definition) is 4. The third-order valence-electron chi connectivity index (χ3n) is 3.81. The zero-order valence-electron chi connectivity index (χ0n) is 12.5. The van der Waals surface area contributed by atoms with Crippen molar-refractivity contribution in [3.8, 4) is 0 Å². The molecule has 0 saturated heterocycles. The summed E-state index contributed by atoms with van der Waals surface area (Å²) in [5, 5.41) is 0. The summed E-state index contributed by atoms with van der Waals surface area (Å²) < 4.78 is 4.80. The highest BCUT2D eigenvalue weighted by Crippen LogP contribution is 2.32. The predicted octanol–water partition coefficient (Wildman–Crippen LogP) is 2.38. The molecule has 0 N–H and O–H groups in total. The van der Waals surface area contributed by atoms with Gasteiger partial charge in [-0.1, -0.05) is 12.1 Å². The highest BCUT2D eigenvalue weighted by atomic mass is 16.5. The molecule has 0 radical (unpaired) electrons. The molecule has 3 rings (SSSR count). The molecular formula is C17H16N2O3. The van der Waals surface area contributed by atoms with Crippen molar-refractivity contribution in [2.24, 2.45) is 0 Å². The first-order valence-electron chi connectivity index (χ1n) is 7.06. The number of ether oxygens (including phenoxy) is 1. The molecule has 112 valence electrons. The molecule has 0 bridgehead atoms. The number of pyridine rings is 1. The molecular weight excluding hydrogens is 280 g/mol. The van der Waals surface area contributed by atoms with Crippen LogP contribution in [-0.4, -0.2) is 30.5 Å². The number of nitrogens with zero attached hydrogens (tertiary/aromatic N) is 2. The van der Waals surface area contributed by atoms with Gasteiger partial charge in [-0.25, -0.2) is 4.79 Å². The Hall–Kier alpha value is -2.69. The van der Waals surface area contributed by atoms with Crippen molar-refractivity contribution in [3.05, 3.63) is 58.9 Å². The van der Waals surface area contributed by atoms with E-state index in [0.717, 1.165) is 16.8 Å². The minimum Gasteiger partial charge on any atom is -0.465 e. The maximum Gasteiger partial charge on any atom is 0.338 e. The lowest BCUT2D eigenvalue weighted by atomic mass is 10.1. The molecule has 0 spiro atoms. The fraction of sp³-hybridized carbons (Fsp3) is 0.235. The molecule has 5 nitrogen and oxygen atoms in total. The molecule has 1 aromatic carbocycles. The van der Waals surface area contributed by atoms with Crippen LogP contribution in [0.15, 0.2) is 36.5 Å². The van der Waals surface area contributed by atoms with Gasteiger partial charge in [-0.2, -0.15) is 0 Å². The monoisotopic (exact) mass is 296 g/mol. The molecule has 0 saturated carbocycles. The Balaban J connectivity index is 1.96. The van der Waals surface area contributed by atoms with Gasteiger partial charge in [0, 0.05) is 18.4 Å². The third kappa shape index (κ3) is 2.35. The van der Waals surface area contributed by atoms with Gasteiger partial charge < -0.3 is 9.64 Å². The normalized spacial score (nSPS) is 12.9. The molecule has 0 fully saturated rings. The number of fused-ring (bicyclic) bond motifs is 1. The molecule has 0 atom stereocenters. The first kappa shape index (κ1) is 14.3. The molecule has 2 aromatic rings. The Kier molecular flexibility index (Phi) is 3.63. The Morgan fingerprint density at radius 3 is 2.73 bits per heavy atom. The van der Waals surface area contributed by atoms with E-state index in [9.17, 15) is 9.59 Å². The summed E-state index contributed by atoms with van der Waals surface area (Å²) in [6.45, 7) is 2.47. The smallest absolute Gasteiger partial charge is 0.338 e. The number of rotatable bonds is 2. The molecule has 0 unspecified atom stereocenters. The highest BCUT2D eigenvalue weighted by Gasteiger charge is 2.29. The van der Waals surface area contributed by atoms with Crippen molar-refractivity contribution >= 4 is 17.6 Å². The quantitative estimate of drug-likeness (QED) is 0.798. The standard InChI is InChI=1S/C17H16N2O3/c1-11-6-7-14(18-10-11)16(20)19-9-8-12-13(17(21)22-2)4-3-5-15(12)19/h3-7,10H,8-9H2,1-2H3. The lowest BCUT2D eigenvalue weighted by molar-refractivity contribution is 0.0599. The number of hydrogen-bond donors (Lipinski definition) is 0. The van der Waals surface area contributed by atoms with Crippen LogP contribution in [0.3, 0.4) is 0 Å². The van der Waals surface area contributed by atoms with E-state index in [0.29, 0.717) is 24.2 Å². The van der Waals surface area contributed by atoms with Crippen LogP contribution in [-0.2, 0) is 11.2 Å². The summed E-state index contributed by atoms with van der Waals surface area (Å²) >= 11 is 0. The average molecular weight is 296 g/mol. The zero-order valence-corrected chi connectivity index (χ0v) is 12.5. The van der Waals surface area contributed by atoms with Crippen LogP contribution in [0.2, 0.25) is 0 Å². The largest absolute Gasteiger partial charge is 0.465 e. The predicted molar refractivity (Wildman–Crippen MR) is 82.1 cm³/mol. The number of methoxy groups -OCH3 is 1. The second-order valence-corrected chi connectivity index (χ2v) is 5.22. The van der Waals surface area contributed by atoms with E-state index < -0.39 is 0 Å². The van der Waals surface area contributed by atoms with Crippen molar-refractivity contribution in [2.45, 2.75) is 13.3 Å². The second kappa shape index (κ2) is 5.60. The summed E-state index contributed by atoms with van der Waals surface area (Å²) in [5.74, 6) is -0.527. The van der Waals surface area contributed by atoms with Gasteiger partial charge in [0.05, 0.1) is 12.7 Å². The highest BCUT2D eigenvalue weighted by molar-refractivity contribution is 6.07. The van der Waals surface area contributed by atoms with Crippen LogP contribution in [0.4, 0.5) is 5.69 Å². The van der Waals surface area contributed by atoms with Crippen molar-refractivity contribution in [1.29, 1.82) is 0 Å². The molecule has 1 aromatic heterocycles. The number of benzene rings is 1. The molecule has 2 heterocycles. The minimum absolute atomic E-state index is 0.152. The zero-order chi connectivity index (χ0) is 15.7. The number of amides is 1. The van der Waals surface area contributed by atoms with Crippen molar-refractivity contribution in [3.63, 3.8) is 0 Å². The molecule has 1 aliphatic rings. The summed E-state index contributed by atoms with van der Waals surface area (Å²) in [6, 6.07) is 8.92. The number of aromatic nitrogens is 1. The number of carbonyl (C=O) groups excluding carboxylic acids is 2. The van der Waals surface area contributed by atoms with E-state index in [-0.39, 0.29) is 11.9 Å². The van der Waals surface area contributed by atoms with E-state index in [1.165, 1.54) is 7.11 Å². The SMILES string of the molecule is COC(=O)c1cccc2c1CCN2C(=O)c1ccc(C)cn1. The summed E-state index contributed by atoms with van der Waals surface area (Å²) in [4.78, 5) is 30.3. The summed E-state index contributed by atoms with van der Waals surface area (Å²) in [5.41, 5.74) is 3.55. The van der Waals surface area contributed by atoms with Gasteiger partial charge in [-0.05, 0) is 42.7 Å². The first-order valence-corrected chi connectivity index (χ1v) is 7.06. The Morgan fingerprint density at radius 2 is 2.05 bits per heavy atom. The fourth-order valence-corrected chi connectivity index (χ4v) is 2.68. The summed E-state index contributed by atoms with van der Waals surface area (Å²) in [7, 11) is 1.36. The second-order valence-electron chi connectivity index (χ2n) is 5.22. The van der Waals surface area contributed by atoms with Gasteiger partial charge in [0.2, 0.25) is 0 Å². The van der Waals surface area contributed by atoms with E-state index in [2.05, 4.69) is 4.98 Å². The van der Waals surface area contributed by atoms with Crippen LogP contribution in [0, 0.1) is 6.92 Å². The molecule has 22 heavy (non-hydrogen) atoms. The van der Waals surface area contributed by atoms with Crippen LogP contribution in [0.1, 0.15) is 32.0 Å². The van der Waals surface area contributed by atoms with Gasteiger partial charge in [0.1, 0.15) is 5.69 Å². The Labute approximate surface area is 128 Å². The Morgan fingerprint density at radius 1 is 1.23 bits per heavy atom. The number of aryl methyl sites for hydroxylation is 1. The van der Waals surface area contributed by atoms with Gasteiger partial charge in [-0.3, -0.25) is 9.78 Å².